The highest BCUT2D eigenvalue weighted by atomic mass is 16.5. The molecule has 176 valence electrons. The van der Waals surface area contributed by atoms with Crippen molar-refractivity contribution < 1.29 is 14.3 Å². The average Bonchev–Trinajstić information content (AvgIpc) is 2.88. The summed E-state index contributed by atoms with van der Waals surface area (Å²) < 4.78 is 5.46. The first-order valence-electron chi connectivity index (χ1n) is 11.7. The molecule has 0 unspecified atom stereocenters. The molecule has 1 aliphatic heterocycles. The normalized spacial score (nSPS) is 19.7. The predicted molar refractivity (Wildman–Crippen MR) is 135 cm³/mol. The highest BCUT2D eigenvalue weighted by Crippen LogP contribution is 2.46. The fourth-order valence-electron chi connectivity index (χ4n) is 5.08. The standard InChI is InChI=1S/C29H27N3O3/c1-18-26(29(34)32-25-13-6-7-14-30-25)27(20-11-8-12-22(15-20)35-2)28-23(31-18)16-21(17-24(28)33)19-9-4-3-5-10-19/h3-15,21,27,31H,16-17H2,1-2H3,(H,30,32,34)/t21-,27-/m0/s1. The van der Waals surface area contributed by atoms with E-state index >= 15 is 0 Å². The molecule has 1 aromatic heterocycles. The molecule has 1 aliphatic carbocycles. The first-order valence-corrected chi connectivity index (χ1v) is 11.7. The number of pyridine rings is 1. The van der Waals surface area contributed by atoms with Crippen molar-refractivity contribution in [3.63, 3.8) is 0 Å². The van der Waals surface area contributed by atoms with Gasteiger partial charge in [-0.05, 0) is 54.7 Å². The van der Waals surface area contributed by atoms with Gasteiger partial charge in [0, 0.05) is 41.1 Å². The van der Waals surface area contributed by atoms with Gasteiger partial charge in [0.15, 0.2) is 5.78 Å². The first-order chi connectivity index (χ1) is 17.0. The van der Waals surface area contributed by atoms with Crippen LogP contribution in [-0.2, 0) is 9.59 Å². The van der Waals surface area contributed by atoms with Crippen LogP contribution in [0.2, 0.25) is 0 Å². The number of benzene rings is 2. The zero-order chi connectivity index (χ0) is 24.4. The van der Waals surface area contributed by atoms with Crippen LogP contribution in [0, 0.1) is 0 Å². The number of rotatable bonds is 5. The Morgan fingerprint density at radius 2 is 1.77 bits per heavy atom. The highest BCUT2D eigenvalue weighted by molar-refractivity contribution is 6.09. The second kappa shape index (κ2) is 9.58. The Bertz CT molecular complexity index is 1330. The summed E-state index contributed by atoms with van der Waals surface area (Å²) in [7, 11) is 1.61. The molecule has 2 atom stereocenters. The number of nitrogens with one attached hydrogen (secondary N) is 2. The quantitative estimate of drug-likeness (QED) is 0.549. The van der Waals surface area contributed by atoms with Gasteiger partial charge in [0.05, 0.1) is 7.11 Å². The van der Waals surface area contributed by atoms with Crippen molar-refractivity contribution >= 4 is 17.5 Å². The number of amides is 1. The lowest BCUT2D eigenvalue weighted by molar-refractivity contribution is -0.116. The maximum Gasteiger partial charge on any atom is 0.255 e. The zero-order valence-electron chi connectivity index (χ0n) is 19.7. The number of ether oxygens (including phenoxy) is 1. The van der Waals surface area contributed by atoms with E-state index in [1.807, 2.05) is 55.5 Å². The van der Waals surface area contributed by atoms with Crippen LogP contribution in [0.3, 0.4) is 0 Å². The van der Waals surface area contributed by atoms with Gasteiger partial charge in [0.1, 0.15) is 11.6 Å². The summed E-state index contributed by atoms with van der Waals surface area (Å²) in [6.45, 7) is 1.89. The number of ketones is 1. The number of nitrogens with zero attached hydrogens (tertiary/aromatic N) is 1. The minimum Gasteiger partial charge on any atom is -0.497 e. The molecule has 0 bridgehead atoms. The number of hydrogen-bond donors (Lipinski definition) is 2. The van der Waals surface area contributed by atoms with Crippen molar-refractivity contribution in [3.05, 3.63) is 113 Å². The van der Waals surface area contributed by atoms with E-state index in [-0.39, 0.29) is 17.6 Å². The van der Waals surface area contributed by atoms with Gasteiger partial charge in [-0.25, -0.2) is 4.98 Å². The summed E-state index contributed by atoms with van der Waals surface area (Å²) in [5.41, 5.74) is 4.76. The summed E-state index contributed by atoms with van der Waals surface area (Å²) in [6.07, 6.45) is 2.74. The van der Waals surface area contributed by atoms with Crippen LogP contribution in [0.1, 0.15) is 42.7 Å². The van der Waals surface area contributed by atoms with E-state index in [0.717, 1.165) is 22.5 Å². The topological polar surface area (TPSA) is 80.3 Å². The van der Waals surface area contributed by atoms with Crippen LogP contribution in [0.25, 0.3) is 0 Å². The molecular formula is C29H27N3O3. The van der Waals surface area contributed by atoms with Crippen molar-refractivity contribution in [1.29, 1.82) is 0 Å². The van der Waals surface area contributed by atoms with E-state index in [0.29, 0.717) is 35.6 Å². The predicted octanol–water partition coefficient (Wildman–Crippen LogP) is 5.09. The molecule has 0 radical (unpaired) electrons. The van der Waals surface area contributed by atoms with Crippen LogP contribution >= 0.6 is 0 Å². The third kappa shape index (κ3) is 4.47. The van der Waals surface area contributed by atoms with Crippen molar-refractivity contribution in [2.45, 2.75) is 31.6 Å². The van der Waals surface area contributed by atoms with Gasteiger partial charge in [-0.2, -0.15) is 0 Å². The Morgan fingerprint density at radius 3 is 2.51 bits per heavy atom. The molecule has 1 amide bonds. The third-order valence-corrected chi connectivity index (χ3v) is 6.68. The molecule has 2 aliphatic rings. The molecule has 2 heterocycles. The fourth-order valence-corrected chi connectivity index (χ4v) is 5.08. The molecule has 2 N–H and O–H groups in total. The monoisotopic (exact) mass is 465 g/mol. The van der Waals surface area contributed by atoms with Crippen molar-refractivity contribution in [2.75, 3.05) is 12.4 Å². The lowest BCUT2D eigenvalue weighted by Gasteiger charge is -2.37. The molecule has 3 aromatic rings. The molecule has 35 heavy (non-hydrogen) atoms. The SMILES string of the molecule is COc1cccc([C@H]2C(C(=O)Nc3ccccn3)=C(C)NC3=C2C(=O)C[C@@H](c2ccccc2)C3)c1. The Hall–Kier alpha value is -4.19. The number of Topliss-reactive ketones (excluding diaryl/α,β-unsaturated/α-hetero) is 1. The van der Waals surface area contributed by atoms with E-state index in [4.69, 9.17) is 4.74 Å². The number of carbonyl (C=O) groups excluding carboxylic acids is 2. The fraction of sp³-hybridized carbons (Fsp3) is 0.207. The van der Waals surface area contributed by atoms with Crippen LogP contribution in [-0.4, -0.2) is 23.8 Å². The number of dihydropyridines is 1. The second-order valence-corrected chi connectivity index (χ2v) is 8.87. The summed E-state index contributed by atoms with van der Waals surface area (Å²) >= 11 is 0. The Morgan fingerprint density at radius 1 is 1.00 bits per heavy atom. The number of anilines is 1. The van der Waals surface area contributed by atoms with E-state index in [1.54, 1.807) is 25.4 Å². The Balaban J connectivity index is 1.58. The van der Waals surface area contributed by atoms with Gasteiger partial charge in [-0.1, -0.05) is 48.5 Å². The minimum absolute atomic E-state index is 0.0519. The maximum atomic E-state index is 13.7. The molecule has 6 heteroatoms. The van der Waals surface area contributed by atoms with E-state index in [1.165, 1.54) is 0 Å². The Labute approximate surface area is 204 Å². The van der Waals surface area contributed by atoms with Crippen LogP contribution < -0.4 is 15.4 Å². The molecule has 0 spiro atoms. The smallest absolute Gasteiger partial charge is 0.255 e. The lowest BCUT2D eigenvalue weighted by atomic mass is 9.71. The number of methoxy groups -OCH3 is 1. The molecule has 0 saturated heterocycles. The minimum atomic E-state index is -0.505. The maximum absolute atomic E-state index is 13.7. The van der Waals surface area contributed by atoms with Crippen molar-refractivity contribution in [1.82, 2.24) is 10.3 Å². The van der Waals surface area contributed by atoms with Crippen LogP contribution in [0.15, 0.2) is 102 Å². The van der Waals surface area contributed by atoms with Gasteiger partial charge in [0.25, 0.3) is 5.91 Å². The average molecular weight is 466 g/mol. The van der Waals surface area contributed by atoms with Gasteiger partial charge >= 0.3 is 0 Å². The molecule has 0 fully saturated rings. The summed E-state index contributed by atoms with van der Waals surface area (Å²) in [6, 6.07) is 23.1. The van der Waals surface area contributed by atoms with Gasteiger partial charge in [-0.3, -0.25) is 9.59 Å². The number of hydrogen-bond acceptors (Lipinski definition) is 5. The summed E-state index contributed by atoms with van der Waals surface area (Å²) in [4.78, 5) is 31.5. The molecule has 2 aromatic carbocycles. The van der Waals surface area contributed by atoms with Gasteiger partial charge in [-0.15, -0.1) is 0 Å². The van der Waals surface area contributed by atoms with E-state index in [2.05, 4.69) is 27.8 Å². The summed E-state index contributed by atoms with van der Waals surface area (Å²) in [5.74, 6) is 0.492. The third-order valence-electron chi connectivity index (χ3n) is 6.68. The molecule has 6 nitrogen and oxygen atoms in total. The lowest BCUT2D eigenvalue weighted by Crippen LogP contribution is -2.37. The Kier molecular flexibility index (Phi) is 6.19. The molecule has 0 saturated carbocycles. The zero-order valence-corrected chi connectivity index (χ0v) is 19.7. The largest absolute Gasteiger partial charge is 0.497 e. The number of allylic oxidation sites excluding steroid dienone is 3. The van der Waals surface area contributed by atoms with Crippen LogP contribution in [0.5, 0.6) is 5.75 Å². The van der Waals surface area contributed by atoms with E-state index < -0.39 is 5.92 Å². The molecule has 5 rings (SSSR count). The van der Waals surface area contributed by atoms with Crippen molar-refractivity contribution in [3.8, 4) is 5.75 Å². The van der Waals surface area contributed by atoms with Crippen LogP contribution in [0.4, 0.5) is 5.82 Å². The van der Waals surface area contributed by atoms with Crippen molar-refractivity contribution in [2.24, 2.45) is 0 Å². The van der Waals surface area contributed by atoms with Gasteiger partial charge in [0.2, 0.25) is 0 Å². The number of aromatic nitrogens is 1. The second-order valence-electron chi connectivity index (χ2n) is 8.87. The molecular weight excluding hydrogens is 438 g/mol. The van der Waals surface area contributed by atoms with E-state index in [9.17, 15) is 9.59 Å². The number of carbonyl (C=O) groups is 2. The summed E-state index contributed by atoms with van der Waals surface area (Å²) in [5, 5.41) is 6.32. The highest BCUT2D eigenvalue weighted by Gasteiger charge is 2.41. The first kappa shape index (κ1) is 22.6. The van der Waals surface area contributed by atoms with Gasteiger partial charge < -0.3 is 15.4 Å².